The molecule has 0 bridgehead atoms. The number of amides is 1. The first-order valence-corrected chi connectivity index (χ1v) is 6.31. The van der Waals surface area contributed by atoms with E-state index < -0.39 is 23.6 Å². The molecule has 0 aromatic carbocycles. The van der Waals surface area contributed by atoms with Gasteiger partial charge in [-0.05, 0) is 27.2 Å². The average molecular weight is 273 g/mol. The Morgan fingerprint density at radius 2 is 1.79 bits per heavy atom. The standard InChI is InChI=1S/C13H23NO5/c1-6-8(2)11(16)14-9(12(17)18)7-10(15)19-13(3,4)5/h8-9H,6-7H2,1-5H3,(H,14,16)(H,17,18)/t8?,9-/m0/s1. The normalized spacial score (nSPS) is 14.4. The summed E-state index contributed by atoms with van der Waals surface area (Å²) in [4.78, 5) is 34.2. The van der Waals surface area contributed by atoms with Crippen LogP contribution in [0.15, 0.2) is 0 Å². The van der Waals surface area contributed by atoms with Gasteiger partial charge in [-0.25, -0.2) is 4.79 Å². The molecule has 110 valence electrons. The van der Waals surface area contributed by atoms with E-state index in [-0.39, 0.29) is 18.2 Å². The van der Waals surface area contributed by atoms with Crippen molar-refractivity contribution in [2.45, 2.75) is 59.1 Å². The summed E-state index contributed by atoms with van der Waals surface area (Å²) < 4.78 is 5.03. The molecule has 2 N–H and O–H groups in total. The number of ether oxygens (including phenoxy) is 1. The Morgan fingerprint density at radius 3 is 2.16 bits per heavy atom. The van der Waals surface area contributed by atoms with E-state index in [1.807, 2.05) is 6.92 Å². The Labute approximate surface area is 113 Å². The fourth-order valence-electron chi connectivity index (χ4n) is 1.25. The zero-order valence-corrected chi connectivity index (χ0v) is 12.1. The fourth-order valence-corrected chi connectivity index (χ4v) is 1.25. The Kier molecular flexibility index (Phi) is 6.52. The quantitative estimate of drug-likeness (QED) is 0.712. The molecule has 0 saturated heterocycles. The molecule has 1 amide bonds. The SMILES string of the molecule is CCC(C)C(=O)N[C@@H](CC(=O)OC(C)(C)C)C(=O)O. The van der Waals surface area contributed by atoms with Gasteiger partial charge < -0.3 is 15.2 Å². The highest BCUT2D eigenvalue weighted by atomic mass is 16.6. The average Bonchev–Trinajstić information content (AvgIpc) is 2.24. The first kappa shape index (κ1) is 17.4. The number of carboxylic acids is 1. The van der Waals surface area contributed by atoms with Gasteiger partial charge in [-0.2, -0.15) is 0 Å². The van der Waals surface area contributed by atoms with Crippen LogP contribution in [0.2, 0.25) is 0 Å². The van der Waals surface area contributed by atoms with E-state index in [1.165, 1.54) is 0 Å². The number of hydrogen-bond donors (Lipinski definition) is 2. The maximum absolute atomic E-state index is 11.6. The molecular formula is C13H23NO5. The Balaban J connectivity index is 4.55. The lowest BCUT2D eigenvalue weighted by atomic mass is 10.1. The lowest BCUT2D eigenvalue weighted by Crippen LogP contribution is -2.45. The molecule has 0 spiro atoms. The van der Waals surface area contributed by atoms with E-state index in [9.17, 15) is 14.4 Å². The van der Waals surface area contributed by atoms with Crippen molar-refractivity contribution in [2.24, 2.45) is 5.92 Å². The van der Waals surface area contributed by atoms with Crippen LogP contribution in [0.25, 0.3) is 0 Å². The van der Waals surface area contributed by atoms with E-state index in [1.54, 1.807) is 27.7 Å². The minimum absolute atomic E-state index is 0.291. The predicted octanol–water partition coefficient (Wildman–Crippen LogP) is 1.33. The van der Waals surface area contributed by atoms with Crippen LogP contribution in [0.4, 0.5) is 0 Å². The molecule has 0 radical (unpaired) electrons. The highest BCUT2D eigenvalue weighted by molar-refractivity contribution is 5.88. The van der Waals surface area contributed by atoms with Crippen molar-refractivity contribution in [1.82, 2.24) is 5.32 Å². The van der Waals surface area contributed by atoms with Crippen LogP contribution in [0, 0.1) is 5.92 Å². The minimum atomic E-state index is -1.25. The predicted molar refractivity (Wildman–Crippen MR) is 69.5 cm³/mol. The van der Waals surface area contributed by atoms with E-state index in [4.69, 9.17) is 9.84 Å². The third-order valence-corrected chi connectivity index (χ3v) is 2.47. The second-order valence-electron chi connectivity index (χ2n) is 5.50. The van der Waals surface area contributed by atoms with Gasteiger partial charge in [-0.3, -0.25) is 9.59 Å². The Bertz CT molecular complexity index is 345. The topological polar surface area (TPSA) is 92.7 Å². The molecule has 0 saturated carbocycles. The summed E-state index contributed by atoms with van der Waals surface area (Å²) in [6.45, 7) is 8.60. The molecule has 0 aliphatic heterocycles. The van der Waals surface area contributed by atoms with Crippen LogP contribution in [-0.4, -0.2) is 34.6 Å². The molecule has 6 nitrogen and oxygen atoms in total. The molecule has 0 aromatic rings. The summed E-state index contributed by atoms with van der Waals surface area (Å²) in [5.74, 6) is -2.56. The molecule has 19 heavy (non-hydrogen) atoms. The zero-order valence-electron chi connectivity index (χ0n) is 12.1. The molecule has 0 aliphatic rings. The van der Waals surface area contributed by atoms with Gasteiger partial charge in [-0.1, -0.05) is 13.8 Å². The van der Waals surface area contributed by atoms with Gasteiger partial charge in [0.25, 0.3) is 0 Å². The van der Waals surface area contributed by atoms with Crippen LogP contribution < -0.4 is 5.32 Å². The first-order valence-electron chi connectivity index (χ1n) is 6.31. The van der Waals surface area contributed by atoms with Gasteiger partial charge in [0.2, 0.25) is 5.91 Å². The van der Waals surface area contributed by atoms with Crippen molar-refractivity contribution in [1.29, 1.82) is 0 Å². The van der Waals surface area contributed by atoms with E-state index in [0.29, 0.717) is 6.42 Å². The van der Waals surface area contributed by atoms with Crippen LogP contribution >= 0.6 is 0 Å². The van der Waals surface area contributed by atoms with E-state index in [0.717, 1.165) is 0 Å². The fraction of sp³-hybridized carbons (Fsp3) is 0.769. The summed E-state index contributed by atoms with van der Waals surface area (Å²) in [6, 6.07) is -1.25. The third kappa shape index (κ3) is 7.43. The van der Waals surface area contributed by atoms with Crippen LogP contribution in [0.5, 0.6) is 0 Å². The van der Waals surface area contributed by atoms with E-state index in [2.05, 4.69) is 5.32 Å². The number of carbonyl (C=O) groups is 3. The molecular weight excluding hydrogens is 250 g/mol. The van der Waals surface area contributed by atoms with Crippen LogP contribution in [0.3, 0.4) is 0 Å². The van der Waals surface area contributed by atoms with Gasteiger partial charge in [0, 0.05) is 5.92 Å². The minimum Gasteiger partial charge on any atom is -0.480 e. The van der Waals surface area contributed by atoms with E-state index >= 15 is 0 Å². The number of nitrogens with one attached hydrogen (secondary N) is 1. The lowest BCUT2D eigenvalue weighted by molar-refractivity contribution is -0.158. The van der Waals surface area contributed by atoms with Crippen LogP contribution in [0.1, 0.15) is 47.5 Å². The highest BCUT2D eigenvalue weighted by Crippen LogP contribution is 2.10. The second kappa shape index (κ2) is 7.11. The second-order valence-corrected chi connectivity index (χ2v) is 5.50. The summed E-state index contributed by atoms with van der Waals surface area (Å²) in [5, 5.41) is 11.3. The number of carboxylic acid groups (broad SMARTS) is 1. The number of carbonyl (C=O) groups excluding carboxylic acids is 2. The van der Waals surface area contributed by atoms with Crippen LogP contribution in [-0.2, 0) is 19.1 Å². The number of rotatable bonds is 6. The van der Waals surface area contributed by atoms with Gasteiger partial charge in [0.05, 0.1) is 6.42 Å². The monoisotopic (exact) mass is 273 g/mol. The van der Waals surface area contributed by atoms with Crippen molar-refractivity contribution in [3.05, 3.63) is 0 Å². The molecule has 0 rings (SSSR count). The summed E-state index contributed by atoms with van der Waals surface area (Å²) in [6.07, 6.45) is 0.222. The first-order chi connectivity index (χ1) is 8.56. The molecule has 0 fully saturated rings. The molecule has 0 heterocycles. The summed E-state index contributed by atoms with van der Waals surface area (Å²) >= 11 is 0. The lowest BCUT2D eigenvalue weighted by Gasteiger charge is -2.22. The largest absolute Gasteiger partial charge is 0.480 e. The number of hydrogen-bond acceptors (Lipinski definition) is 4. The third-order valence-electron chi connectivity index (χ3n) is 2.47. The Hall–Kier alpha value is -1.59. The van der Waals surface area contributed by atoms with Crippen molar-refractivity contribution in [3.63, 3.8) is 0 Å². The van der Waals surface area contributed by atoms with Gasteiger partial charge in [-0.15, -0.1) is 0 Å². The zero-order chi connectivity index (χ0) is 15.2. The number of esters is 1. The molecule has 0 aromatic heterocycles. The highest BCUT2D eigenvalue weighted by Gasteiger charge is 2.27. The Morgan fingerprint density at radius 1 is 1.26 bits per heavy atom. The van der Waals surface area contributed by atoms with Gasteiger partial charge in [0.15, 0.2) is 0 Å². The number of aliphatic carboxylic acids is 1. The van der Waals surface area contributed by atoms with Crippen molar-refractivity contribution < 1.29 is 24.2 Å². The smallest absolute Gasteiger partial charge is 0.326 e. The van der Waals surface area contributed by atoms with Gasteiger partial charge in [0.1, 0.15) is 11.6 Å². The molecule has 1 unspecified atom stereocenters. The summed E-state index contributed by atoms with van der Waals surface area (Å²) in [5.41, 5.74) is -0.680. The van der Waals surface area contributed by atoms with Crippen molar-refractivity contribution in [2.75, 3.05) is 0 Å². The molecule has 2 atom stereocenters. The molecule has 6 heteroatoms. The maximum atomic E-state index is 11.6. The van der Waals surface area contributed by atoms with Crippen molar-refractivity contribution in [3.8, 4) is 0 Å². The summed E-state index contributed by atoms with van der Waals surface area (Å²) in [7, 11) is 0. The van der Waals surface area contributed by atoms with Crippen molar-refractivity contribution >= 4 is 17.8 Å². The van der Waals surface area contributed by atoms with Gasteiger partial charge >= 0.3 is 11.9 Å². The maximum Gasteiger partial charge on any atom is 0.326 e. The molecule has 0 aliphatic carbocycles.